The van der Waals surface area contributed by atoms with Gasteiger partial charge in [-0.15, -0.1) is 0 Å². The van der Waals surface area contributed by atoms with Gasteiger partial charge in [-0.1, -0.05) is 6.07 Å². The number of carbonyl (C=O) groups excluding carboxylic acids is 1. The minimum absolute atomic E-state index is 0.254. The first-order valence-electron chi connectivity index (χ1n) is 6.30. The summed E-state index contributed by atoms with van der Waals surface area (Å²) >= 11 is 0. The smallest absolute Gasteiger partial charge is 0.326 e. The number of pyridine rings is 1. The van der Waals surface area contributed by atoms with E-state index in [9.17, 15) is 9.59 Å². The van der Waals surface area contributed by atoms with Gasteiger partial charge in [0.1, 0.15) is 6.04 Å². The molecule has 100 valence electrons. The first-order chi connectivity index (χ1) is 9.18. The van der Waals surface area contributed by atoms with Crippen molar-refractivity contribution in [2.24, 2.45) is 0 Å². The van der Waals surface area contributed by atoms with Crippen LogP contribution in [-0.2, 0) is 9.59 Å². The molecule has 1 amide bonds. The summed E-state index contributed by atoms with van der Waals surface area (Å²) in [5, 5.41) is 9.11. The fourth-order valence-electron chi connectivity index (χ4n) is 2.19. The Morgan fingerprint density at radius 2 is 2.26 bits per heavy atom. The molecular weight excluding hydrogens is 244 g/mol. The number of hydrogen-bond donors (Lipinski definition) is 1. The Kier molecular flexibility index (Phi) is 4.28. The molecule has 0 aliphatic carbocycles. The van der Waals surface area contributed by atoms with Gasteiger partial charge in [0.25, 0.3) is 0 Å². The Morgan fingerprint density at radius 3 is 2.95 bits per heavy atom. The summed E-state index contributed by atoms with van der Waals surface area (Å²) < 4.78 is 0. The van der Waals surface area contributed by atoms with Crippen LogP contribution >= 0.6 is 0 Å². The second kappa shape index (κ2) is 6.13. The van der Waals surface area contributed by atoms with Crippen molar-refractivity contribution in [1.29, 1.82) is 0 Å². The molecule has 0 bridgehead atoms. The summed E-state index contributed by atoms with van der Waals surface area (Å²) in [5.74, 6) is -1.18. The van der Waals surface area contributed by atoms with Crippen LogP contribution in [0.25, 0.3) is 6.08 Å². The molecular formula is C14H16N2O3. The zero-order chi connectivity index (χ0) is 13.7. The van der Waals surface area contributed by atoms with E-state index in [-0.39, 0.29) is 5.91 Å². The van der Waals surface area contributed by atoms with E-state index in [1.165, 1.54) is 11.0 Å². The lowest BCUT2D eigenvalue weighted by molar-refractivity contribution is -0.150. The van der Waals surface area contributed by atoms with Crippen LogP contribution in [0, 0.1) is 0 Å². The lowest BCUT2D eigenvalue weighted by atomic mass is 10.0. The molecule has 19 heavy (non-hydrogen) atoms. The first kappa shape index (κ1) is 13.3. The highest BCUT2D eigenvalue weighted by Crippen LogP contribution is 2.17. The second-order valence-corrected chi connectivity index (χ2v) is 4.50. The number of rotatable bonds is 3. The molecule has 0 unspecified atom stereocenters. The standard InChI is InChI=1S/C14H16N2O3/c17-13(7-6-11-4-3-8-15-10-11)16-9-2-1-5-12(16)14(18)19/h3-4,6-8,10,12H,1-2,5,9H2,(H,18,19)/t12-/m0/s1. The van der Waals surface area contributed by atoms with Crippen molar-refractivity contribution < 1.29 is 14.7 Å². The molecule has 1 aliphatic heterocycles. The fourth-order valence-corrected chi connectivity index (χ4v) is 2.19. The molecule has 1 aromatic rings. The Balaban J connectivity index is 2.06. The van der Waals surface area contributed by atoms with Gasteiger partial charge >= 0.3 is 5.97 Å². The van der Waals surface area contributed by atoms with Crippen LogP contribution in [0.3, 0.4) is 0 Å². The second-order valence-electron chi connectivity index (χ2n) is 4.50. The zero-order valence-electron chi connectivity index (χ0n) is 10.5. The van der Waals surface area contributed by atoms with Gasteiger partial charge in [0, 0.05) is 25.0 Å². The van der Waals surface area contributed by atoms with Crippen LogP contribution in [0.4, 0.5) is 0 Å². The number of hydrogen-bond acceptors (Lipinski definition) is 3. The first-order valence-corrected chi connectivity index (χ1v) is 6.30. The Morgan fingerprint density at radius 1 is 1.42 bits per heavy atom. The fraction of sp³-hybridized carbons (Fsp3) is 0.357. The SMILES string of the molecule is O=C(O)[C@@H]1CCCCN1C(=O)C=Cc1cccnc1. The highest BCUT2D eigenvalue weighted by atomic mass is 16.4. The van der Waals surface area contributed by atoms with Crippen molar-refractivity contribution >= 4 is 18.0 Å². The van der Waals surface area contributed by atoms with Gasteiger partial charge in [-0.25, -0.2) is 4.79 Å². The molecule has 1 aliphatic rings. The van der Waals surface area contributed by atoms with Gasteiger partial charge in [-0.3, -0.25) is 9.78 Å². The number of aliphatic carboxylic acids is 1. The monoisotopic (exact) mass is 260 g/mol. The van der Waals surface area contributed by atoms with E-state index in [1.807, 2.05) is 6.07 Å². The van der Waals surface area contributed by atoms with Crippen molar-refractivity contribution in [3.63, 3.8) is 0 Å². The Hall–Kier alpha value is -2.17. The summed E-state index contributed by atoms with van der Waals surface area (Å²) in [6.45, 7) is 0.507. The highest BCUT2D eigenvalue weighted by Gasteiger charge is 2.30. The predicted octanol–water partition coefficient (Wildman–Crippen LogP) is 1.56. The maximum Gasteiger partial charge on any atom is 0.326 e. The van der Waals surface area contributed by atoms with Crippen molar-refractivity contribution in [1.82, 2.24) is 9.88 Å². The topological polar surface area (TPSA) is 70.5 Å². The van der Waals surface area contributed by atoms with Crippen molar-refractivity contribution in [3.8, 4) is 0 Å². The Bertz CT molecular complexity index is 485. The normalized spacial score (nSPS) is 19.6. The summed E-state index contributed by atoms with van der Waals surface area (Å²) in [6, 6.07) is 2.92. The van der Waals surface area contributed by atoms with Crippen LogP contribution < -0.4 is 0 Å². The highest BCUT2D eigenvalue weighted by molar-refractivity contribution is 5.94. The zero-order valence-corrected chi connectivity index (χ0v) is 10.5. The van der Waals surface area contributed by atoms with Crippen molar-refractivity contribution in [2.45, 2.75) is 25.3 Å². The number of amides is 1. The summed E-state index contributed by atoms with van der Waals surface area (Å²) in [5.41, 5.74) is 0.819. The summed E-state index contributed by atoms with van der Waals surface area (Å²) in [4.78, 5) is 28.5. The van der Waals surface area contributed by atoms with Gasteiger partial charge in [0.05, 0.1) is 0 Å². The molecule has 2 heterocycles. The maximum atomic E-state index is 12.0. The van der Waals surface area contributed by atoms with Crippen LogP contribution in [0.15, 0.2) is 30.6 Å². The molecule has 1 atom stereocenters. The number of carbonyl (C=O) groups is 2. The molecule has 1 aromatic heterocycles. The molecule has 0 spiro atoms. The molecule has 0 saturated carbocycles. The number of carboxylic acids is 1. The summed E-state index contributed by atoms with van der Waals surface area (Å²) in [7, 11) is 0. The quantitative estimate of drug-likeness (QED) is 0.837. The van der Waals surface area contributed by atoms with E-state index in [4.69, 9.17) is 5.11 Å². The van der Waals surface area contributed by atoms with Gasteiger partial charge in [0.2, 0.25) is 5.91 Å². The number of carboxylic acid groups (broad SMARTS) is 1. The van der Waals surface area contributed by atoms with E-state index >= 15 is 0 Å². The number of piperidine rings is 1. The molecule has 0 radical (unpaired) electrons. The van der Waals surface area contributed by atoms with Crippen molar-refractivity contribution in [3.05, 3.63) is 36.2 Å². The van der Waals surface area contributed by atoms with E-state index < -0.39 is 12.0 Å². The van der Waals surface area contributed by atoms with E-state index in [2.05, 4.69) is 4.98 Å². The van der Waals surface area contributed by atoms with E-state index in [1.54, 1.807) is 24.5 Å². The third-order valence-electron chi connectivity index (χ3n) is 3.17. The average molecular weight is 260 g/mol. The minimum atomic E-state index is -0.928. The van der Waals surface area contributed by atoms with E-state index in [0.717, 1.165) is 18.4 Å². The lowest BCUT2D eigenvalue weighted by Crippen LogP contribution is -2.47. The third kappa shape index (κ3) is 3.40. The average Bonchev–Trinajstić information content (AvgIpc) is 2.46. The van der Waals surface area contributed by atoms with Crippen LogP contribution in [0.1, 0.15) is 24.8 Å². The summed E-state index contributed by atoms with van der Waals surface area (Å²) in [6.07, 6.45) is 8.62. The number of likely N-dealkylation sites (tertiary alicyclic amines) is 1. The Labute approximate surface area is 111 Å². The van der Waals surface area contributed by atoms with Crippen molar-refractivity contribution in [2.75, 3.05) is 6.54 Å². The van der Waals surface area contributed by atoms with Gasteiger partial charge in [0.15, 0.2) is 0 Å². The molecule has 5 nitrogen and oxygen atoms in total. The number of aromatic nitrogens is 1. The van der Waals surface area contributed by atoms with Crippen LogP contribution in [0.2, 0.25) is 0 Å². The van der Waals surface area contributed by atoms with Crippen LogP contribution in [-0.4, -0.2) is 39.5 Å². The van der Waals surface area contributed by atoms with Gasteiger partial charge in [-0.2, -0.15) is 0 Å². The molecule has 1 fully saturated rings. The molecule has 0 aromatic carbocycles. The molecule has 1 saturated heterocycles. The number of nitrogens with zero attached hydrogens (tertiary/aromatic N) is 2. The predicted molar refractivity (Wildman–Crippen MR) is 70.3 cm³/mol. The largest absolute Gasteiger partial charge is 0.480 e. The molecule has 1 N–H and O–H groups in total. The molecule has 2 rings (SSSR count). The lowest BCUT2D eigenvalue weighted by Gasteiger charge is -2.32. The molecule has 5 heteroatoms. The van der Waals surface area contributed by atoms with E-state index in [0.29, 0.717) is 13.0 Å². The van der Waals surface area contributed by atoms with Gasteiger partial charge in [-0.05, 0) is 37.0 Å². The maximum absolute atomic E-state index is 12.0. The third-order valence-corrected chi connectivity index (χ3v) is 3.17. The minimum Gasteiger partial charge on any atom is -0.480 e. The van der Waals surface area contributed by atoms with Crippen LogP contribution in [0.5, 0.6) is 0 Å². The van der Waals surface area contributed by atoms with Gasteiger partial charge < -0.3 is 10.0 Å².